The molecule has 20 heavy (non-hydrogen) atoms. The summed E-state index contributed by atoms with van der Waals surface area (Å²) in [7, 11) is 0. The normalized spacial score (nSPS) is 23.1. The monoisotopic (exact) mass is 278 g/mol. The SMILES string of the molecule is NCC[C@@H]1CN(c2cnn(CC3CC3)c(=O)c2)CCO1. The lowest BCUT2D eigenvalue weighted by atomic mass is 10.2. The second kappa shape index (κ2) is 5.93. The van der Waals surface area contributed by atoms with E-state index in [1.807, 2.05) is 0 Å². The van der Waals surface area contributed by atoms with Crippen LogP contribution in [0.3, 0.4) is 0 Å². The summed E-state index contributed by atoms with van der Waals surface area (Å²) in [5.41, 5.74) is 6.47. The molecule has 0 unspecified atom stereocenters. The summed E-state index contributed by atoms with van der Waals surface area (Å²) in [6.45, 7) is 3.65. The van der Waals surface area contributed by atoms with Crippen molar-refractivity contribution in [3.05, 3.63) is 22.6 Å². The van der Waals surface area contributed by atoms with Crippen LogP contribution in [0.1, 0.15) is 19.3 Å². The van der Waals surface area contributed by atoms with Crippen molar-refractivity contribution in [3.8, 4) is 0 Å². The average molecular weight is 278 g/mol. The van der Waals surface area contributed by atoms with Crippen LogP contribution < -0.4 is 16.2 Å². The molecule has 6 heteroatoms. The number of hydrogen-bond donors (Lipinski definition) is 1. The molecule has 1 aromatic heterocycles. The van der Waals surface area contributed by atoms with Crippen LogP contribution in [0.25, 0.3) is 0 Å². The summed E-state index contributed by atoms with van der Waals surface area (Å²) in [5, 5.41) is 4.30. The van der Waals surface area contributed by atoms with E-state index in [-0.39, 0.29) is 11.7 Å². The van der Waals surface area contributed by atoms with Crippen LogP contribution in [0.5, 0.6) is 0 Å². The first-order valence-electron chi connectivity index (χ1n) is 7.40. The molecule has 1 aliphatic carbocycles. The number of ether oxygens (including phenoxy) is 1. The minimum Gasteiger partial charge on any atom is -0.374 e. The lowest BCUT2D eigenvalue weighted by Gasteiger charge is -2.34. The number of morpholine rings is 1. The standard InChI is InChI=1S/C14H22N4O2/c15-4-3-13-10-17(5-6-20-13)12-7-14(19)18(16-8-12)9-11-1-2-11/h7-8,11,13H,1-6,9-10,15H2/t13-/m1/s1. The van der Waals surface area contributed by atoms with E-state index in [0.717, 1.165) is 31.7 Å². The lowest BCUT2D eigenvalue weighted by molar-refractivity contribution is 0.0368. The number of anilines is 1. The smallest absolute Gasteiger partial charge is 0.268 e. The summed E-state index contributed by atoms with van der Waals surface area (Å²) in [5.74, 6) is 0.656. The predicted molar refractivity (Wildman–Crippen MR) is 76.8 cm³/mol. The van der Waals surface area contributed by atoms with Gasteiger partial charge in [-0.25, -0.2) is 4.68 Å². The quantitative estimate of drug-likeness (QED) is 0.833. The summed E-state index contributed by atoms with van der Waals surface area (Å²) >= 11 is 0. The van der Waals surface area contributed by atoms with E-state index in [1.165, 1.54) is 12.8 Å². The molecule has 0 aromatic carbocycles. The van der Waals surface area contributed by atoms with Gasteiger partial charge in [0.05, 0.1) is 24.6 Å². The molecule has 3 rings (SSSR count). The highest BCUT2D eigenvalue weighted by Gasteiger charge is 2.24. The van der Waals surface area contributed by atoms with Crippen molar-refractivity contribution in [2.24, 2.45) is 11.7 Å². The Labute approximate surface area is 118 Å². The fourth-order valence-electron chi connectivity index (χ4n) is 2.59. The Morgan fingerprint density at radius 2 is 2.30 bits per heavy atom. The van der Waals surface area contributed by atoms with Gasteiger partial charge in [-0.2, -0.15) is 5.10 Å². The Hall–Kier alpha value is -1.40. The van der Waals surface area contributed by atoms with E-state index in [2.05, 4.69) is 10.00 Å². The molecule has 0 bridgehead atoms. The maximum Gasteiger partial charge on any atom is 0.268 e. The maximum atomic E-state index is 12.1. The van der Waals surface area contributed by atoms with Gasteiger partial charge in [-0.1, -0.05) is 0 Å². The number of aromatic nitrogens is 2. The Bertz CT molecular complexity index is 510. The first-order valence-corrected chi connectivity index (χ1v) is 7.40. The molecule has 6 nitrogen and oxygen atoms in total. The summed E-state index contributed by atoms with van der Waals surface area (Å²) in [6.07, 6.45) is 5.25. The third-order valence-electron chi connectivity index (χ3n) is 3.98. The minimum absolute atomic E-state index is 0.00346. The predicted octanol–water partition coefficient (Wildman–Crippen LogP) is 0.207. The fourth-order valence-corrected chi connectivity index (χ4v) is 2.59. The van der Waals surface area contributed by atoms with Gasteiger partial charge in [-0.05, 0) is 31.7 Å². The Morgan fingerprint density at radius 1 is 1.45 bits per heavy atom. The molecule has 1 saturated carbocycles. The van der Waals surface area contributed by atoms with Crippen LogP contribution in [0.15, 0.2) is 17.1 Å². The summed E-state index contributed by atoms with van der Waals surface area (Å²) in [4.78, 5) is 14.2. The highest BCUT2D eigenvalue weighted by atomic mass is 16.5. The summed E-state index contributed by atoms with van der Waals surface area (Å²) < 4.78 is 7.24. The summed E-state index contributed by atoms with van der Waals surface area (Å²) in [6, 6.07) is 1.69. The van der Waals surface area contributed by atoms with Crippen LogP contribution in [0.2, 0.25) is 0 Å². The van der Waals surface area contributed by atoms with E-state index in [9.17, 15) is 4.79 Å². The number of nitrogens with two attached hydrogens (primary N) is 1. The molecule has 2 heterocycles. The molecule has 0 radical (unpaired) electrons. The van der Waals surface area contributed by atoms with Gasteiger partial charge in [-0.15, -0.1) is 0 Å². The molecule has 1 saturated heterocycles. The molecule has 0 spiro atoms. The molecule has 0 amide bonds. The van der Waals surface area contributed by atoms with Crippen molar-refractivity contribution in [2.75, 3.05) is 31.1 Å². The van der Waals surface area contributed by atoms with Crippen LogP contribution in [-0.4, -0.2) is 42.1 Å². The second-order valence-electron chi connectivity index (χ2n) is 5.69. The van der Waals surface area contributed by atoms with Crippen molar-refractivity contribution >= 4 is 5.69 Å². The van der Waals surface area contributed by atoms with Gasteiger partial charge in [0, 0.05) is 25.7 Å². The molecule has 2 N–H and O–H groups in total. The van der Waals surface area contributed by atoms with Gasteiger partial charge in [0.15, 0.2) is 0 Å². The molecule has 2 aliphatic rings. The molecule has 2 fully saturated rings. The zero-order valence-electron chi connectivity index (χ0n) is 11.7. The van der Waals surface area contributed by atoms with Gasteiger partial charge < -0.3 is 15.4 Å². The zero-order chi connectivity index (χ0) is 13.9. The molecule has 1 aromatic rings. The van der Waals surface area contributed by atoms with Gasteiger partial charge in [0.1, 0.15) is 0 Å². The van der Waals surface area contributed by atoms with Crippen molar-refractivity contribution in [1.82, 2.24) is 9.78 Å². The number of rotatable bonds is 5. The Morgan fingerprint density at radius 3 is 3.00 bits per heavy atom. The van der Waals surface area contributed by atoms with Crippen molar-refractivity contribution in [1.29, 1.82) is 0 Å². The largest absolute Gasteiger partial charge is 0.374 e. The molecular formula is C14H22N4O2. The highest BCUT2D eigenvalue weighted by molar-refractivity contribution is 5.43. The highest BCUT2D eigenvalue weighted by Crippen LogP contribution is 2.29. The Kier molecular flexibility index (Phi) is 4.03. The third-order valence-corrected chi connectivity index (χ3v) is 3.98. The van der Waals surface area contributed by atoms with Crippen LogP contribution in [-0.2, 0) is 11.3 Å². The Balaban J connectivity index is 1.69. The van der Waals surface area contributed by atoms with Gasteiger partial charge >= 0.3 is 0 Å². The van der Waals surface area contributed by atoms with E-state index in [1.54, 1.807) is 16.9 Å². The van der Waals surface area contributed by atoms with Crippen molar-refractivity contribution in [2.45, 2.75) is 31.9 Å². The van der Waals surface area contributed by atoms with Crippen LogP contribution >= 0.6 is 0 Å². The third kappa shape index (κ3) is 3.19. The van der Waals surface area contributed by atoms with Crippen LogP contribution in [0.4, 0.5) is 5.69 Å². The minimum atomic E-state index is -0.00346. The van der Waals surface area contributed by atoms with Gasteiger partial charge in [0.25, 0.3) is 5.56 Å². The van der Waals surface area contributed by atoms with E-state index in [0.29, 0.717) is 19.1 Å². The zero-order valence-corrected chi connectivity index (χ0v) is 11.7. The first-order chi connectivity index (χ1) is 9.76. The van der Waals surface area contributed by atoms with E-state index >= 15 is 0 Å². The van der Waals surface area contributed by atoms with Crippen molar-refractivity contribution < 1.29 is 4.74 Å². The van der Waals surface area contributed by atoms with Crippen molar-refractivity contribution in [3.63, 3.8) is 0 Å². The second-order valence-corrected chi connectivity index (χ2v) is 5.69. The van der Waals surface area contributed by atoms with Gasteiger partial charge in [-0.3, -0.25) is 4.79 Å². The molecule has 1 aliphatic heterocycles. The first kappa shape index (κ1) is 13.6. The van der Waals surface area contributed by atoms with Crippen LogP contribution in [0, 0.1) is 5.92 Å². The lowest BCUT2D eigenvalue weighted by Crippen LogP contribution is -2.43. The topological polar surface area (TPSA) is 73.4 Å². The molecule has 1 atom stereocenters. The molecular weight excluding hydrogens is 256 g/mol. The number of hydrogen-bond acceptors (Lipinski definition) is 5. The van der Waals surface area contributed by atoms with Gasteiger partial charge in [0.2, 0.25) is 0 Å². The molecule has 110 valence electrons. The van der Waals surface area contributed by atoms with E-state index < -0.39 is 0 Å². The fraction of sp³-hybridized carbons (Fsp3) is 0.714. The number of nitrogens with zero attached hydrogens (tertiary/aromatic N) is 3. The van der Waals surface area contributed by atoms with E-state index in [4.69, 9.17) is 10.5 Å². The maximum absolute atomic E-state index is 12.1. The average Bonchev–Trinajstić information content (AvgIpc) is 3.26.